The van der Waals surface area contributed by atoms with Gasteiger partial charge in [0.1, 0.15) is 0 Å². The molecule has 0 radical (unpaired) electrons. The number of aliphatic carboxylic acids is 4. The Morgan fingerprint density at radius 2 is 1.00 bits per heavy atom. The number of carboxylic acid groups (broad SMARTS) is 5. The molecule has 124 valence electrons. The molecule has 1 rings (SSSR count). The van der Waals surface area contributed by atoms with E-state index in [0.717, 1.165) is 0 Å². The van der Waals surface area contributed by atoms with Crippen molar-refractivity contribution in [2.45, 2.75) is 0 Å². The highest BCUT2D eigenvalue weighted by atomic mass is 16.4. The van der Waals surface area contributed by atoms with Crippen LogP contribution in [0.15, 0.2) is 42.5 Å². The highest BCUT2D eigenvalue weighted by Gasteiger charge is 2.04. The number of carboxylic acids is 5. The van der Waals surface area contributed by atoms with Crippen LogP contribution in [-0.2, 0) is 19.2 Å². The SMILES string of the molecule is O=C(O)C(=O)O.O=C(O)C=CC(=O)O.O=C(O)c1ccccc1. The van der Waals surface area contributed by atoms with Gasteiger partial charge in [-0.25, -0.2) is 24.0 Å². The molecular formula is C13H12O10. The van der Waals surface area contributed by atoms with Gasteiger partial charge >= 0.3 is 29.8 Å². The molecule has 0 fully saturated rings. The van der Waals surface area contributed by atoms with Crippen LogP contribution in [0.25, 0.3) is 0 Å². The van der Waals surface area contributed by atoms with Crippen LogP contribution in [0.4, 0.5) is 0 Å². The van der Waals surface area contributed by atoms with Gasteiger partial charge < -0.3 is 25.5 Å². The molecule has 0 heterocycles. The van der Waals surface area contributed by atoms with Crippen LogP contribution in [0.2, 0.25) is 0 Å². The molecule has 0 spiro atoms. The molecule has 0 atom stereocenters. The third kappa shape index (κ3) is 16.3. The van der Waals surface area contributed by atoms with Gasteiger partial charge in [0.2, 0.25) is 0 Å². The fourth-order valence-corrected chi connectivity index (χ4v) is 0.723. The van der Waals surface area contributed by atoms with Crippen molar-refractivity contribution in [1.29, 1.82) is 0 Å². The molecule has 5 N–H and O–H groups in total. The van der Waals surface area contributed by atoms with Gasteiger partial charge in [0, 0.05) is 12.2 Å². The van der Waals surface area contributed by atoms with Crippen molar-refractivity contribution in [2.24, 2.45) is 0 Å². The lowest BCUT2D eigenvalue weighted by Gasteiger charge is -1.88. The standard InChI is InChI=1S/C7H6O2.C4H4O4.C2H2O4/c8-7(9)6-4-2-1-3-5-6;5-3(6)1-2-4(7)8;3-1(4)2(5)6/h1-5H,(H,8,9);1-2H,(H,5,6)(H,7,8);(H,3,4)(H,5,6). The Morgan fingerprint density at radius 1 is 0.652 bits per heavy atom. The fourth-order valence-electron chi connectivity index (χ4n) is 0.723. The molecule has 0 aliphatic rings. The van der Waals surface area contributed by atoms with Gasteiger partial charge in [-0.1, -0.05) is 18.2 Å². The van der Waals surface area contributed by atoms with Crippen LogP contribution in [0.5, 0.6) is 0 Å². The number of carbonyl (C=O) groups is 5. The third-order valence-electron chi connectivity index (χ3n) is 1.57. The summed E-state index contributed by atoms with van der Waals surface area (Å²) < 4.78 is 0. The number of aromatic carboxylic acids is 1. The van der Waals surface area contributed by atoms with Gasteiger partial charge in [0.05, 0.1) is 5.56 Å². The number of benzene rings is 1. The van der Waals surface area contributed by atoms with E-state index in [1.807, 2.05) is 0 Å². The van der Waals surface area contributed by atoms with Crippen LogP contribution in [-0.4, -0.2) is 55.4 Å². The minimum absolute atomic E-state index is 0.331. The summed E-state index contributed by atoms with van der Waals surface area (Å²) in [6.45, 7) is 0. The van der Waals surface area contributed by atoms with E-state index in [9.17, 15) is 14.4 Å². The van der Waals surface area contributed by atoms with E-state index in [1.54, 1.807) is 30.3 Å². The predicted molar refractivity (Wildman–Crippen MR) is 73.1 cm³/mol. The Balaban J connectivity index is 0. The summed E-state index contributed by atoms with van der Waals surface area (Å²) in [4.78, 5) is 47.5. The summed E-state index contributed by atoms with van der Waals surface area (Å²) in [5.74, 6) is -7.04. The third-order valence-corrected chi connectivity index (χ3v) is 1.57. The van der Waals surface area contributed by atoms with Crippen molar-refractivity contribution in [2.75, 3.05) is 0 Å². The zero-order valence-corrected chi connectivity index (χ0v) is 11.3. The summed E-state index contributed by atoms with van der Waals surface area (Å²) in [6, 6.07) is 8.30. The van der Waals surface area contributed by atoms with Crippen LogP contribution in [0, 0.1) is 0 Å². The first-order chi connectivity index (χ1) is 10.6. The zero-order chi connectivity index (χ0) is 18.4. The maximum Gasteiger partial charge on any atom is 0.414 e. The second-order valence-corrected chi connectivity index (χ2v) is 3.29. The molecule has 0 saturated carbocycles. The van der Waals surface area contributed by atoms with Crippen molar-refractivity contribution < 1.29 is 49.5 Å². The fraction of sp³-hybridized carbons (Fsp3) is 0. The van der Waals surface area contributed by atoms with E-state index in [4.69, 9.17) is 35.1 Å². The maximum atomic E-state index is 10.2. The maximum absolute atomic E-state index is 10.2. The van der Waals surface area contributed by atoms with E-state index in [-0.39, 0.29) is 0 Å². The van der Waals surface area contributed by atoms with Crippen LogP contribution in [0.3, 0.4) is 0 Å². The Morgan fingerprint density at radius 3 is 1.17 bits per heavy atom. The molecule has 0 aliphatic heterocycles. The quantitative estimate of drug-likeness (QED) is 0.380. The lowest BCUT2D eigenvalue weighted by atomic mass is 10.2. The first-order valence-corrected chi connectivity index (χ1v) is 5.46. The van der Waals surface area contributed by atoms with E-state index in [1.165, 1.54) is 0 Å². The minimum atomic E-state index is -1.82. The second-order valence-electron chi connectivity index (χ2n) is 3.29. The van der Waals surface area contributed by atoms with Crippen molar-refractivity contribution in [3.8, 4) is 0 Å². The van der Waals surface area contributed by atoms with Crippen LogP contribution in [0.1, 0.15) is 10.4 Å². The molecule has 10 heteroatoms. The molecule has 1 aromatic rings. The summed E-state index contributed by atoms with van der Waals surface area (Å²) in [7, 11) is 0. The first kappa shape index (κ1) is 21.6. The Labute approximate surface area is 128 Å². The Hall–Kier alpha value is -3.69. The Bertz CT molecular complexity index is 560. The predicted octanol–water partition coefficient (Wildman–Crippen LogP) is 0.252. The van der Waals surface area contributed by atoms with Crippen LogP contribution < -0.4 is 0 Å². The number of rotatable bonds is 3. The smallest absolute Gasteiger partial charge is 0.414 e. The van der Waals surface area contributed by atoms with Crippen molar-refractivity contribution in [3.63, 3.8) is 0 Å². The summed E-state index contributed by atoms with van der Waals surface area (Å²) in [5.41, 5.74) is 0.331. The zero-order valence-electron chi connectivity index (χ0n) is 11.3. The second kappa shape index (κ2) is 12.1. The molecule has 0 aromatic heterocycles. The lowest BCUT2D eigenvalue weighted by molar-refractivity contribution is -0.159. The largest absolute Gasteiger partial charge is 0.478 e. The van der Waals surface area contributed by atoms with Gasteiger partial charge in [0.15, 0.2) is 0 Å². The van der Waals surface area contributed by atoms with Gasteiger partial charge in [-0.15, -0.1) is 0 Å². The van der Waals surface area contributed by atoms with E-state index in [2.05, 4.69) is 0 Å². The molecule has 0 aliphatic carbocycles. The van der Waals surface area contributed by atoms with Gasteiger partial charge in [-0.3, -0.25) is 0 Å². The highest BCUT2D eigenvalue weighted by molar-refractivity contribution is 6.27. The molecule has 0 saturated heterocycles. The topological polar surface area (TPSA) is 186 Å². The van der Waals surface area contributed by atoms with Gasteiger partial charge in [-0.05, 0) is 12.1 Å². The summed E-state index contributed by atoms with van der Waals surface area (Å²) in [6.07, 6.45) is 1.12. The average Bonchev–Trinajstić information content (AvgIpc) is 2.47. The summed E-state index contributed by atoms with van der Waals surface area (Å²) >= 11 is 0. The monoisotopic (exact) mass is 328 g/mol. The van der Waals surface area contributed by atoms with Crippen molar-refractivity contribution in [3.05, 3.63) is 48.0 Å². The highest BCUT2D eigenvalue weighted by Crippen LogP contribution is 1.96. The lowest BCUT2D eigenvalue weighted by Crippen LogP contribution is -2.09. The van der Waals surface area contributed by atoms with Crippen LogP contribution >= 0.6 is 0 Å². The molecule has 0 amide bonds. The molecule has 1 aromatic carbocycles. The Kier molecular flexibility index (Phi) is 11.3. The normalized spacial score (nSPS) is 8.70. The molecule has 0 unspecified atom stereocenters. The van der Waals surface area contributed by atoms with E-state index < -0.39 is 29.8 Å². The summed E-state index contributed by atoms with van der Waals surface area (Å²) in [5, 5.41) is 38.8. The molecule has 0 bridgehead atoms. The van der Waals surface area contributed by atoms with Gasteiger partial charge in [-0.2, -0.15) is 0 Å². The number of hydrogen-bond acceptors (Lipinski definition) is 5. The first-order valence-electron chi connectivity index (χ1n) is 5.46. The molecule has 10 nitrogen and oxygen atoms in total. The van der Waals surface area contributed by atoms with Crippen molar-refractivity contribution in [1.82, 2.24) is 0 Å². The van der Waals surface area contributed by atoms with Crippen molar-refractivity contribution >= 4 is 29.8 Å². The number of hydrogen-bond donors (Lipinski definition) is 5. The van der Waals surface area contributed by atoms with E-state index in [0.29, 0.717) is 17.7 Å². The van der Waals surface area contributed by atoms with Gasteiger partial charge in [0.25, 0.3) is 0 Å². The average molecular weight is 328 g/mol. The molecular weight excluding hydrogens is 316 g/mol. The van der Waals surface area contributed by atoms with E-state index >= 15 is 0 Å². The molecule has 23 heavy (non-hydrogen) atoms. The minimum Gasteiger partial charge on any atom is -0.478 e.